The van der Waals surface area contributed by atoms with Gasteiger partial charge in [-0.3, -0.25) is 4.98 Å². The Morgan fingerprint density at radius 1 is 1.50 bits per heavy atom. The topological polar surface area (TPSA) is 35.0 Å². The highest BCUT2D eigenvalue weighted by molar-refractivity contribution is 7.09. The van der Waals surface area contributed by atoms with Gasteiger partial charge in [0.05, 0.1) is 12.3 Å². The summed E-state index contributed by atoms with van der Waals surface area (Å²) in [7, 11) is 1.67. The van der Waals surface area contributed by atoms with E-state index in [-0.39, 0.29) is 0 Å². The summed E-state index contributed by atoms with van der Waals surface area (Å²) >= 11 is 1.61. The first-order valence-corrected chi connectivity index (χ1v) is 5.12. The van der Waals surface area contributed by atoms with Crippen LogP contribution in [0, 0.1) is 0 Å². The molecule has 2 heterocycles. The molecule has 0 bridgehead atoms. The zero-order valence-corrected chi connectivity index (χ0v) is 8.62. The van der Waals surface area contributed by atoms with Crippen molar-refractivity contribution in [2.24, 2.45) is 0 Å². The van der Waals surface area contributed by atoms with E-state index in [4.69, 9.17) is 4.74 Å². The number of rotatable bonds is 3. The molecule has 14 heavy (non-hydrogen) atoms. The van der Waals surface area contributed by atoms with Crippen molar-refractivity contribution in [3.8, 4) is 11.3 Å². The van der Waals surface area contributed by atoms with Gasteiger partial charge < -0.3 is 4.74 Å². The van der Waals surface area contributed by atoms with Gasteiger partial charge in [0.25, 0.3) is 0 Å². The zero-order valence-electron chi connectivity index (χ0n) is 7.80. The van der Waals surface area contributed by atoms with Gasteiger partial charge in [-0.05, 0) is 12.1 Å². The molecule has 0 amide bonds. The maximum atomic E-state index is 5.01. The van der Waals surface area contributed by atoms with Gasteiger partial charge >= 0.3 is 0 Å². The third kappa shape index (κ3) is 1.97. The van der Waals surface area contributed by atoms with Gasteiger partial charge in [-0.25, -0.2) is 4.98 Å². The quantitative estimate of drug-likeness (QED) is 0.773. The Morgan fingerprint density at radius 3 is 3.14 bits per heavy atom. The molecule has 0 saturated carbocycles. The number of thiazole rings is 1. The molecule has 0 N–H and O–H groups in total. The number of methoxy groups -OCH3 is 1. The van der Waals surface area contributed by atoms with Crippen molar-refractivity contribution in [3.63, 3.8) is 0 Å². The predicted octanol–water partition coefficient (Wildman–Crippen LogP) is 2.35. The van der Waals surface area contributed by atoms with Crippen molar-refractivity contribution >= 4 is 11.3 Å². The lowest BCUT2D eigenvalue weighted by Gasteiger charge is -1.93. The van der Waals surface area contributed by atoms with Crippen molar-refractivity contribution in [1.82, 2.24) is 9.97 Å². The van der Waals surface area contributed by atoms with Gasteiger partial charge in [0.1, 0.15) is 5.01 Å². The second-order valence-electron chi connectivity index (χ2n) is 2.80. The average Bonchev–Trinajstić information content (AvgIpc) is 2.68. The normalized spacial score (nSPS) is 10.4. The van der Waals surface area contributed by atoms with Gasteiger partial charge in [-0.15, -0.1) is 11.3 Å². The van der Waals surface area contributed by atoms with Gasteiger partial charge in [-0.2, -0.15) is 0 Å². The highest BCUT2D eigenvalue weighted by Crippen LogP contribution is 2.20. The number of hydrogen-bond donors (Lipinski definition) is 0. The number of hydrogen-bond acceptors (Lipinski definition) is 4. The Bertz CT molecular complexity index is 400. The highest BCUT2D eigenvalue weighted by atomic mass is 32.1. The predicted molar refractivity (Wildman–Crippen MR) is 56.1 cm³/mol. The third-order valence-corrected chi connectivity index (χ3v) is 2.60. The first kappa shape index (κ1) is 9.30. The van der Waals surface area contributed by atoms with Gasteiger partial charge in [0, 0.05) is 30.4 Å². The Labute approximate surface area is 86.4 Å². The molecular formula is C10H10N2OS. The molecule has 2 aromatic rings. The van der Waals surface area contributed by atoms with E-state index in [2.05, 4.69) is 9.97 Å². The summed E-state index contributed by atoms with van der Waals surface area (Å²) in [6, 6.07) is 3.91. The molecule has 4 heteroatoms. The van der Waals surface area contributed by atoms with Crippen LogP contribution < -0.4 is 0 Å². The second kappa shape index (κ2) is 4.30. The molecule has 3 nitrogen and oxygen atoms in total. The SMILES string of the molecule is COCc1nc(-c2cccnc2)cs1. The van der Waals surface area contributed by atoms with Crippen molar-refractivity contribution in [2.45, 2.75) is 6.61 Å². The van der Waals surface area contributed by atoms with E-state index in [1.54, 1.807) is 24.6 Å². The smallest absolute Gasteiger partial charge is 0.119 e. The number of pyridine rings is 1. The van der Waals surface area contributed by atoms with Crippen LogP contribution in [-0.4, -0.2) is 17.1 Å². The van der Waals surface area contributed by atoms with Crippen LogP contribution in [0.3, 0.4) is 0 Å². The van der Waals surface area contributed by atoms with Crippen LogP contribution >= 0.6 is 11.3 Å². The molecule has 0 atom stereocenters. The van der Waals surface area contributed by atoms with E-state index < -0.39 is 0 Å². The monoisotopic (exact) mass is 206 g/mol. The minimum absolute atomic E-state index is 0.574. The molecule has 72 valence electrons. The lowest BCUT2D eigenvalue weighted by molar-refractivity contribution is 0.184. The molecule has 0 fully saturated rings. The molecule has 0 saturated heterocycles. The van der Waals surface area contributed by atoms with Crippen LogP contribution in [0.4, 0.5) is 0 Å². The van der Waals surface area contributed by atoms with Crippen LogP contribution in [0.5, 0.6) is 0 Å². The fraction of sp³-hybridized carbons (Fsp3) is 0.200. The van der Waals surface area contributed by atoms with E-state index in [9.17, 15) is 0 Å². The zero-order chi connectivity index (χ0) is 9.80. The van der Waals surface area contributed by atoms with E-state index in [0.717, 1.165) is 16.3 Å². The average molecular weight is 206 g/mol. The molecule has 0 aromatic carbocycles. The molecule has 0 spiro atoms. The van der Waals surface area contributed by atoms with Crippen LogP contribution in [0.1, 0.15) is 5.01 Å². The van der Waals surface area contributed by atoms with E-state index >= 15 is 0 Å². The first-order chi connectivity index (χ1) is 6.90. The van der Waals surface area contributed by atoms with E-state index in [1.165, 1.54) is 0 Å². The van der Waals surface area contributed by atoms with E-state index in [1.807, 2.05) is 23.7 Å². The van der Waals surface area contributed by atoms with Crippen LogP contribution in [-0.2, 0) is 11.3 Å². The van der Waals surface area contributed by atoms with Crippen molar-refractivity contribution in [3.05, 3.63) is 34.9 Å². The number of ether oxygens (including phenoxy) is 1. The molecule has 0 unspecified atom stereocenters. The summed E-state index contributed by atoms with van der Waals surface area (Å²) in [4.78, 5) is 8.47. The lowest BCUT2D eigenvalue weighted by atomic mass is 10.2. The maximum Gasteiger partial charge on any atom is 0.119 e. The molecule has 0 aliphatic carbocycles. The molecule has 2 rings (SSSR count). The minimum Gasteiger partial charge on any atom is -0.378 e. The Kier molecular flexibility index (Phi) is 2.86. The van der Waals surface area contributed by atoms with Crippen molar-refractivity contribution in [1.29, 1.82) is 0 Å². The molecular weight excluding hydrogens is 196 g/mol. The molecule has 2 aromatic heterocycles. The third-order valence-electron chi connectivity index (χ3n) is 1.78. The largest absolute Gasteiger partial charge is 0.378 e. The standard InChI is InChI=1S/C10H10N2OS/c1-13-6-10-12-9(7-14-10)8-3-2-4-11-5-8/h2-5,7H,6H2,1H3. The lowest BCUT2D eigenvalue weighted by Crippen LogP contribution is -1.86. The van der Waals surface area contributed by atoms with Gasteiger partial charge in [0.2, 0.25) is 0 Å². The Balaban J connectivity index is 2.25. The van der Waals surface area contributed by atoms with Crippen LogP contribution in [0.15, 0.2) is 29.9 Å². The van der Waals surface area contributed by atoms with E-state index in [0.29, 0.717) is 6.61 Å². The summed E-state index contributed by atoms with van der Waals surface area (Å²) < 4.78 is 5.01. The first-order valence-electron chi connectivity index (χ1n) is 4.24. The Morgan fingerprint density at radius 2 is 2.43 bits per heavy atom. The minimum atomic E-state index is 0.574. The fourth-order valence-electron chi connectivity index (χ4n) is 1.15. The van der Waals surface area contributed by atoms with Crippen LogP contribution in [0.25, 0.3) is 11.3 Å². The molecule has 0 aliphatic rings. The number of nitrogens with zero attached hydrogens (tertiary/aromatic N) is 2. The maximum absolute atomic E-state index is 5.01. The Hall–Kier alpha value is -1.26. The van der Waals surface area contributed by atoms with Gasteiger partial charge in [-0.1, -0.05) is 0 Å². The summed E-state index contributed by atoms with van der Waals surface area (Å²) in [6.07, 6.45) is 3.57. The summed E-state index contributed by atoms with van der Waals surface area (Å²) in [5.41, 5.74) is 2.02. The highest BCUT2D eigenvalue weighted by Gasteiger charge is 2.03. The number of aromatic nitrogens is 2. The summed E-state index contributed by atoms with van der Waals surface area (Å²) in [6.45, 7) is 0.574. The second-order valence-corrected chi connectivity index (χ2v) is 3.74. The summed E-state index contributed by atoms with van der Waals surface area (Å²) in [5.74, 6) is 0. The molecule has 0 radical (unpaired) electrons. The summed E-state index contributed by atoms with van der Waals surface area (Å²) in [5, 5.41) is 3.01. The van der Waals surface area contributed by atoms with Crippen molar-refractivity contribution in [2.75, 3.05) is 7.11 Å². The van der Waals surface area contributed by atoms with Gasteiger partial charge in [0.15, 0.2) is 0 Å². The van der Waals surface area contributed by atoms with Crippen molar-refractivity contribution < 1.29 is 4.74 Å². The van der Waals surface area contributed by atoms with Crippen LogP contribution in [0.2, 0.25) is 0 Å². The fourth-order valence-corrected chi connectivity index (χ4v) is 1.92. The molecule has 0 aliphatic heterocycles.